The van der Waals surface area contributed by atoms with E-state index in [2.05, 4.69) is 28.1 Å². The molecule has 1 aliphatic heterocycles. The van der Waals surface area contributed by atoms with Crippen molar-refractivity contribution in [1.29, 1.82) is 0 Å². The zero-order valence-corrected chi connectivity index (χ0v) is 15.5. The maximum absolute atomic E-state index is 12.8. The molecule has 0 radical (unpaired) electrons. The highest BCUT2D eigenvalue weighted by molar-refractivity contribution is 6.30. The fourth-order valence-corrected chi connectivity index (χ4v) is 3.21. The number of amidine groups is 1. The molecule has 1 aromatic heterocycles. The topological polar surface area (TPSA) is 104 Å². The molecular formula is C23H18N4O2. The van der Waals surface area contributed by atoms with Crippen LogP contribution in [-0.2, 0) is 0 Å². The molecule has 0 bridgehead atoms. The summed E-state index contributed by atoms with van der Waals surface area (Å²) in [6, 6.07) is 14.5. The number of fused-ring (bicyclic) bond motifs is 2. The first kappa shape index (κ1) is 18.2. The summed E-state index contributed by atoms with van der Waals surface area (Å²) in [5.41, 5.74) is 8.42. The second-order valence-electron chi connectivity index (χ2n) is 6.56. The summed E-state index contributed by atoms with van der Waals surface area (Å²) in [6.07, 6.45) is 3.23. The molecule has 4 rings (SSSR count). The molecule has 3 aromatic rings. The van der Waals surface area contributed by atoms with Gasteiger partial charge in [-0.1, -0.05) is 49.6 Å². The molecule has 1 aliphatic rings. The van der Waals surface area contributed by atoms with Gasteiger partial charge in [-0.3, -0.25) is 4.79 Å². The molecule has 6 heteroatoms. The molecule has 0 saturated heterocycles. The molecule has 6 nitrogen and oxygen atoms in total. The van der Waals surface area contributed by atoms with E-state index in [4.69, 9.17) is 5.73 Å². The molecule has 0 unspecified atom stereocenters. The van der Waals surface area contributed by atoms with Crippen molar-refractivity contribution < 1.29 is 5.11 Å². The second kappa shape index (κ2) is 7.09. The first-order valence-corrected chi connectivity index (χ1v) is 8.88. The van der Waals surface area contributed by atoms with Crippen LogP contribution >= 0.6 is 0 Å². The van der Waals surface area contributed by atoms with E-state index in [9.17, 15) is 9.90 Å². The Kier molecular flexibility index (Phi) is 4.44. The highest BCUT2D eigenvalue weighted by Gasteiger charge is 2.27. The number of hydrogen-bond acceptors (Lipinski definition) is 4. The van der Waals surface area contributed by atoms with Gasteiger partial charge in [-0.2, -0.15) is 0 Å². The zero-order chi connectivity index (χ0) is 20.5. The van der Waals surface area contributed by atoms with E-state index < -0.39 is 5.56 Å². The van der Waals surface area contributed by atoms with E-state index in [1.165, 1.54) is 0 Å². The molecule has 0 fully saturated rings. The molecule has 2 aromatic carbocycles. The SMILES string of the molecule is C=C(N)/C=C\C(=C)N=C1N=C(c2c(O)c3ccccc3[nH]c2=O)c2ccccc21. The monoisotopic (exact) mass is 382 g/mol. The second-order valence-corrected chi connectivity index (χ2v) is 6.56. The van der Waals surface area contributed by atoms with Gasteiger partial charge in [-0.05, 0) is 24.3 Å². The van der Waals surface area contributed by atoms with Crippen LogP contribution in [0.2, 0.25) is 0 Å². The smallest absolute Gasteiger partial charge is 0.261 e. The highest BCUT2D eigenvalue weighted by atomic mass is 16.3. The minimum Gasteiger partial charge on any atom is -0.506 e. The summed E-state index contributed by atoms with van der Waals surface area (Å²) in [5, 5.41) is 11.4. The van der Waals surface area contributed by atoms with Crippen molar-refractivity contribution in [3.63, 3.8) is 0 Å². The first-order valence-electron chi connectivity index (χ1n) is 8.88. The molecule has 0 amide bonds. The van der Waals surface area contributed by atoms with Crippen LogP contribution in [0.15, 0.2) is 100 Å². The number of rotatable bonds is 4. The van der Waals surface area contributed by atoms with Gasteiger partial charge in [0.15, 0.2) is 5.84 Å². The molecule has 0 saturated carbocycles. The molecule has 0 aliphatic carbocycles. The van der Waals surface area contributed by atoms with Crippen LogP contribution in [0.3, 0.4) is 0 Å². The Morgan fingerprint density at radius 3 is 2.52 bits per heavy atom. The van der Waals surface area contributed by atoms with E-state index in [1.807, 2.05) is 24.3 Å². The van der Waals surface area contributed by atoms with Crippen molar-refractivity contribution in [2.75, 3.05) is 0 Å². The Hall–Kier alpha value is -4.19. The lowest BCUT2D eigenvalue weighted by molar-refractivity contribution is 0.479. The van der Waals surface area contributed by atoms with Gasteiger partial charge in [-0.15, -0.1) is 0 Å². The van der Waals surface area contributed by atoms with Gasteiger partial charge in [0.2, 0.25) is 0 Å². The van der Waals surface area contributed by atoms with Gasteiger partial charge in [0.1, 0.15) is 11.3 Å². The van der Waals surface area contributed by atoms with Crippen LogP contribution in [0.5, 0.6) is 5.75 Å². The number of nitrogens with zero attached hydrogens (tertiary/aromatic N) is 2. The molecular weight excluding hydrogens is 364 g/mol. The first-order chi connectivity index (χ1) is 14.0. The average Bonchev–Trinajstić information content (AvgIpc) is 3.05. The number of aromatic amines is 1. The fourth-order valence-electron chi connectivity index (χ4n) is 3.21. The summed E-state index contributed by atoms with van der Waals surface area (Å²) in [6.45, 7) is 7.48. The van der Waals surface area contributed by atoms with Gasteiger partial charge in [0, 0.05) is 22.2 Å². The van der Waals surface area contributed by atoms with Crippen molar-refractivity contribution in [2.24, 2.45) is 15.7 Å². The standard InChI is InChI=1S/C23H18N4O2/c1-13(24)11-12-14(2)25-22-16-8-4-3-7-15(16)20(27-22)19-21(28)17-9-5-6-10-18(17)26-23(19)29/h3-12H,1-2,24H2,(H2,26,28,29)/b12-11-,25-22?. The van der Waals surface area contributed by atoms with E-state index in [-0.39, 0.29) is 11.3 Å². The lowest BCUT2D eigenvalue weighted by Gasteiger charge is -2.08. The van der Waals surface area contributed by atoms with Crippen LogP contribution in [0.1, 0.15) is 16.7 Å². The Labute approximate surface area is 166 Å². The number of nitrogens with one attached hydrogen (secondary N) is 1. The maximum Gasteiger partial charge on any atom is 0.261 e. The van der Waals surface area contributed by atoms with Gasteiger partial charge in [0.25, 0.3) is 5.56 Å². The molecule has 29 heavy (non-hydrogen) atoms. The van der Waals surface area contributed by atoms with Crippen molar-refractivity contribution in [2.45, 2.75) is 0 Å². The van der Waals surface area contributed by atoms with E-state index in [0.29, 0.717) is 39.4 Å². The third-order valence-corrected chi connectivity index (χ3v) is 4.51. The van der Waals surface area contributed by atoms with Gasteiger partial charge in [0.05, 0.1) is 16.9 Å². The number of para-hydroxylation sites is 1. The number of aromatic nitrogens is 1. The fraction of sp³-hybridized carbons (Fsp3) is 0. The van der Waals surface area contributed by atoms with Gasteiger partial charge in [-0.25, -0.2) is 9.98 Å². The summed E-state index contributed by atoms with van der Waals surface area (Å²) < 4.78 is 0. The van der Waals surface area contributed by atoms with Crippen LogP contribution in [-0.4, -0.2) is 21.6 Å². The van der Waals surface area contributed by atoms with E-state index >= 15 is 0 Å². The largest absolute Gasteiger partial charge is 0.506 e. The number of aliphatic imine (C=N–C) groups is 2. The number of pyridine rings is 1. The van der Waals surface area contributed by atoms with Crippen molar-refractivity contribution in [1.82, 2.24) is 4.98 Å². The Balaban J connectivity index is 1.91. The molecule has 4 N–H and O–H groups in total. The van der Waals surface area contributed by atoms with Gasteiger partial charge < -0.3 is 15.8 Å². The van der Waals surface area contributed by atoms with Gasteiger partial charge >= 0.3 is 0 Å². The number of nitrogens with two attached hydrogens (primary N) is 1. The maximum atomic E-state index is 12.8. The quantitative estimate of drug-likeness (QED) is 0.603. The Morgan fingerprint density at radius 2 is 1.76 bits per heavy atom. The summed E-state index contributed by atoms with van der Waals surface area (Å²) >= 11 is 0. The Bertz CT molecular complexity index is 1330. The van der Waals surface area contributed by atoms with Crippen LogP contribution in [0, 0.1) is 0 Å². The average molecular weight is 382 g/mol. The molecule has 142 valence electrons. The van der Waals surface area contributed by atoms with Crippen LogP contribution in [0.4, 0.5) is 0 Å². The normalized spacial score (nSPS) is 14.3. The number of aromatic hydroxyl groups is 1. The Morgan fingerprint density at radius 1 is 1.07 bits per heavy atom. The van der Waals surface area contributed by atoms with Crippen molar-refractivity contribution in [3.8, 4) is 5.75 Å². The summed E-state index contributed by atoms with van der Waals surface area (Å²) in [7, 11) is 0. The van der Waals surface area contributed by atoms with Crippen LogP contribution < -0.4 is 11.3 Å². The number of benzene rings is 2. The van der Waals surface area contributed by atoms with Crippen molar-refractivity contribution in [3.05, 3.63) is 112 Å². The number of H-pyrrole nitrogens is 1. The minimum atomic E-state index is -0.422. The van der Waals surface area contributed by atoms with Crippen LogP contribution in [0.25, 0.3) is 10.9 Å². The number of hydrogen-bond donors (Lipinski definition) is 3. The predicted molar refractivity (Wildman–Crippen MR) is 116 cm³/mol. The van der Waals surface area contributed by atoms with Crippen molar-refractivity contribution >= 4 is 22.5 Å². The number of allylic oxidation sites excluding steroid dienone is 2. The molecule has 0 spiro atoms. The highest BCUT2D eigenvalue weighted by Crippen LogP contribution is 2.30. The lowest BCUT2D eigenvalue weighted by atomic mass is 9.99. The summed E-state index contributed by atoms with van der Waals surface area (Å²) in [4.78, 5) is 24.6. The molecule has 0 atom stereocenters. The molecule has 2 heterocycles. The summed E-state index contributed by atoms with van der Waals surface area (Å²) in [5.74, 6) is 0.289. The lowest BCUT2D eigenvalue weighted by Crippen LogP contribution is -2.18. The predicted octanol–water partition coefficient (Wildman–Crippen LogP) is 3.37. The van der Waals surface area contributed by atoms with E-state index in [0.717, 1.165) is 5.56 Å². The minimum absolute atomic E-state index is 0.109. The van der Waals surface area contributed by atoms with E-state index in [1.54, 1.807) is 36.4 Å². The third kappa shape index (κ3) is 3.27. The third-order valence-electron chi connectivity index (χ3n) is 4.51. The zero-order valence-electron chi connectivity index (χ0n) is 15.5.